The lowest BCUT2D eigenvalue weighted by Crippen LogP contribution is -2.76. The summed E-state index contributed by atoms with van der Waals surface area (Å²) in [5.74, 6) is -159. The van der Waals surface area contributed by atoms with Crippen LogP contribution in [0.1, 0.15) is 37.8 Å². The molecule has 48 heteroatoms. The maximum atomic E-state index is 14.5. The van der Waals surface area contributed by atoms with Gasteiger partial charge in [0.25, 0.3) is 0 Å². The molecule has 2 atom stereocenters. The number of alkyl halides is 42. The van der Waals surface area contributed by atoms with E-state index < -0.39 is 168 Å². The van der Waals surface area contributed by atoms with Gasteiger partial charge in [-0.1, -0.05) is 24.3 Å². The van der Waals surface area contributed by atoms with Gasteiger partial charge < -0.3 is 9.47 Å². The number of nitrogens with one attached hydrogen (secondary N) is 2. The molecule has 6 nitrogen and oxygen atoms in total. The summed E-state index contributed by atoms with van der Waals surface area (Å²) < 4.78 is 583. The van der Waals surface area contributed by atoms with E-state index in [2.05, 4.69) is 9.47 Å². The highest BCUT2D eigenvalue weighted by Crippen LogP contribution is 2.69. The van der Waals surface area contributed by atoms with Crippen LogP contribution >= 0.6 is 0 Å². The van der Waals surface area contributed by atoms with Crippen LogP contribution in [-0.4, -0.2) is 143 Å². The van der Waals surface area contributed by atoms with Gasteiger partial charge in [-0.15, -0.1) is 0 Å². The number of carbonyl (C=O) groups is 2. The fourth-order valence-electron chi connectivity index (χ4n) is 6.55. The third-order valence-electron chi connectivity index (χ3n) is 11.7. The van der Waals surface area contributed by atoms with Crippen LogP contribution < -0.4 is 10.6 Å². The van der Waals surface area contributed by atoms with Gasteiger partial charge in [0.1, 0.15) is 12.2 Å². The Morgan fingerprint density at radius 3 is 0.640 bits per heavy atom. The van der Waals surface area contributed by atoms with E-state index in [9.17, 15) is 194 Å². The first-order valence-corrected chi connectivity index (χ1v) is 21.8. The van der Waals surface area contributed by atoms with E-state index >= 15 is 0 Å². The molecule has 0 aliphatic rings. The molecule has 0 heterocycles. The molecule has 2 N–H and O–H groups in total. The van der Waals surface area contributed by atoms with Crippen molar-refractivity contribution in [2.24, 2.45) is 0 Å². The summed E-state index contributed by atoms with van der Waals surface area (Å²) >= 11 is 0. The maximum Gasteiger partial charge on any atom is 0.460 e. The van der Waals surface area contributed by atoms with Crippen molar-refractivity contribution in [1.29, 1.82) is 0 Å². The molecule has 0 fully saturated rings. The van der Waals surface area contributed by atoms with Crippen LogP contribution in [0.25, 0.3) is 0 Å². The van der Waals surface area contributed by atoms with Crippen molar-refractivity contribution in [3.63, 3.8) is 0 Å². The number of hydrogen-bond acceptors (Lipinski definition) is 4. The molecule has 0 aliphatic carbocycles. The Morgan fingerprint density at radius 1 is 0.292 bits per heavy atom. The zero-order valence-corrected chi connectivity index (χ0v) is 41.4. The van der Waals surface area contributed by atoms with Gasteiger partial charge in [0.15, 0.2) is 0 Å². The molecule has 2 aromatic rings. The van der Waals surface area contributed by atoms with Gasteiger partial charge in [0.05, 0.1) is 12.8 Å². The van der Waals surface area contributed by atoms with Gasteiger partial charge in [-0.25, -0.2) is 9.59 Å². The molecule has 0 radical (unpaired) electrons. The highest BCUT2D eigenvalue weighted by Gasteiger charge is 3.00. The lowest BCUT2D eigenvalue weighted by molar-refractivity contribution is -0.474. The molecular formula is C41H24F42N2O4. The quantitative estimate of drug-likeness (QED) is 0.0921. The summed E-state index contributed by atoms with van der Waals surface area (Å²) in [6, 6.07) is 7.18. The normalized spacial score (nSPS) is 16.2. The van der Waals surface area contributed by atoms with Gasteiger partial charge in [-0.2, -0.15) is 184 Å². The Balaban J connectivity index is 2.18. The van der Waals surface area contributed by atoms with Gasteiger partial charge in [-0.3, -0.25) is 10.6 Å². The van der Waals surface area contributed by atoms with Crippen molar-refractivity contribution >= 4 is 23.6 Å². The first-order valence-electron chi connectivity index (χ1n) is 21.8. The molecule has 0 bridgehead atoms. The van der Waals surface area contributed by atoms with Crippen molar-refractivity contribution in [1.82, 2.24) is 0 Å². The van der Waals surface area contributed by atoms with Gasteiger partial charge in [0, 0.05) is 11.4 Å². The topological polar surface area (TPSA) is 76.7 Å². The van der Waals surface area contributed by atoms with Crippen molar-refractivity contribution in [2.75, 3.05) is 10.6 Å². The summed E-state index contributed by atoms with van der Waals surface area (Å²) in [5.41, 5.74) is -0.937. The second-order valence-corrected chi connectivity index (χ2v) is 18.3. The zero-order valence-electron chi connectivity index (χ0n) is 41.4. The minimum atomic E-state index is -9.41. The second kappa shape index (κ2) is 23.0. The van der Waals surface area contributed by atoms with E-state index in [4.69, 9.17) is 0 Å². The maximum absolute atomic E-state index is 14.5. The fourth-order valence-corrected chi connectivity index (χ4v) is 6.55. The minimum Gasteiger partial charge on any atom is -0.446 e. The van der Waals surface area contributed by atoms with Crippen LogP contribution in [0.4, 0.5) is 205 Å². The Hall–Kier alpha value is -5.96. The highest BCUT2D eigenvalue weighted by atomic mass is 19.5. The molecule has 0 aliphatic heterocycles. The highest BCUT2D eigenvalue weighted by molar-refractivity contribution is 5.85. The van der Waals surface area contributed by atoms with Crippen LogP contribution in [0, 0.1) is 0 Å². The van der Waals surface area contributed by atoms with Crippen molar-refractivity contribution in [3.05, 3.63) is 59.7 Å². The van der Waals surface area contributed by atoms with Crippen LogP contribution in [0.3, 0.4) is 0 Å². The van der Waals surface area contributed by atoms with Crippen LogP contribution in [0.5, 0.6) is 0 Å². The van der Waals surface area contributed by atoms with Crippen molar-refractivity contribution < 1.29 is 203 Å². The lowest BCUT2D eigenvalue weighted by Gasteiger charge is -2.44. The number of hydrogen-bond donors (Lipinski definition) is 2. The summed E-state index contributed by atoms with van der Waals surface area (Å²) in [4.78, 5) is 24.4. The van der Waals surface area contributed by atoms with E-state index in [1.165, 1.54) is 0 Å². The lowest BCUT2D eigenvalue weighted by atomic mass is 9.85. The molecule has 2 unspecified atom stereocenters. The standard InChI is InChI=1S/C41H24F42N2O4/c1-14(12-22(42,43)24(46,47)26(50,51)28(54,55)30(58,59)32(62,63)34(66,67)36(70,71)38(74,75)40(78,79)80)88-20(86)84-18-7-3-16(4-8-18)11-17-5-9-19(10-6-17)85-21(87)89-15(2)13-23(44,45)25(48,49)27(52,53)29(56,57)31(60,61)33(64,65)35(68,69)37(72,73)39(76,77)41(81,82)83/h3-10,14-15H,11-13H2,1-2H3,(H,84,86)(H,85,87). The van der Waals surface area contributed by atoms with Crippen LogP contribution in [-0.2, 0) is 15.9 Å². The van der Waals surface area contributed by atoms with Gasteiger partial charge >= 0.3 is 131 Å². The molecule has 2 rings (SSSR count). The first-order chi connectivity index (χ1) is 38.7. The molecule has 0 aromatic heterocycles. The monoisotopic (exact) mass is 1410 g/mol. The predicted molar refractivity (Wildman–Crippen MR) is 205 cm³/mol. The molecular weight excluding hydrogens is 1380 g/mol. The molecule has 2 amide bonds. The molecule has 0 saturated carbocycles. The van der Waals surface area contributed by atoms with Crippen molar-refractivity contribution in [3.8, 4) is 0 Å². The third-order valence-corrected chi connectivity index (χ3v) is 11.7. The van der Waals surface area contributed by atoms with Crippen LogP contribution in [0.15, 0.2) is 48.5 Å². The number of halogens is 42. The van der Waals surface area contributed by atoms with Crippen LogP contribution in [0.2, 0.25) is 0 Å². The third kappa shape index (κ3) is 12.4. The molecule has 516 valence electrons. The van der Waals surface area contributed by atoms with Crippen molar-refractivity contribution in [2.45, 2.75) is 164 Å². The number of anilines is 2. The first kappa shape index (κ1) is 79.1. The van der Waals surface area contributed by atoms with E-state index in [0.717, 1.165) is 48.5 Å². The zero-order chi connectivity index (χ0) is 71.2. The predicted octanol–water partition coefficient (Wildman–Crippen LogP) is 18.5. The average Bonchev–Trinajstić information content (AvgIpc) is 0.698. The number of amides is 2. The number of carbonyl (C=O) groups excluding carboxylic acids is 2. The average molecular weight is 1410 g/mol. The van der Waals surface area contributed by atoms with E-state index in [1.54, 1.807) is 10.6 Å². The molecule has 89 heavy (non-hydrogen) atoms. The van der Waals surface area contributed by atoms with Gasteiger partial charge in [-0.05, 0) is 55.7 Å². The van der Waals surface area contributed by atoms with Gasteiger partial charge in [0.2, 0.25) is 0 Å². The van der Waals surface area contributed by atoms with E-state index in [-0.39, 0.29) is 31.4 Å². The molecule has 2 aromatic carbocycles. The Morgan fingerprint density at radius 2 is 0.461 bits per heavy atom. The molecule has 0 saturated heterocycles. The molecule has 0 spiro atoms. The summed E-state index contributed by atoms with van der Waals surface area (Å²) in [5, 5.41) is 3.17. The second-order valence-electron chi connectivity index (χ2n) is 18.3. The summed E-state index contributed by atoms with van der Waals surface area (Å²) in [6.07, 6.45) is -33.7. The fraction of sp³-hybridized carbons (Fsp3) is 0.659. The number of ether oxygens (including phenoxy) is 2. The summed E-state index contributed by atoms with van der Waals surface area (Å²) in [7, 11) is 0. The SMILES string of the molecule is CC(CC(F)(F)C(F)(F)C(F)(F)C(F)(F)C(F)(F)C(F)(F)C(F)(F)C(F)(F)C(F)(F)C(F)(F)F)OC(=O)Nc1ccc(Cc2ccc(NC(=O)OC(C)CC(F)(F)C(F)(F)C(F)(F)C(F)(F)C(F)(F)C(F)(F)C(F)(F)C(F)(F)C(F)(F)C(F)(F)F)cc2)cc1. The smallest absolute Gasteiger partial charge is 0.446 e. The Labute approximate surface area is 462 Å². The number of benzene rings is 2. The number of rotatable bonds is 26. The van der Waals surface area contributed by atoms with E-state index in [1.807, 2.05) is 0 Å². The summed E-state index contributed by atoms with van der Waals surface area (Å²) in [6.45, 7) is -0.0562. The minimum absolute atomic E-state index is 0.0281. The van der Waals surface area contributed by atoms with E-state index in [0.29, 0.717) is 0 Å². The Kier molecular flexibility index (Phi) is 20.5. The largest absolute Gasteiger partial charge is 0.460 e. The Bertz CT molecular complexity index is 2620.